The minimum absolute atomic E-state index is 0.0237. The average molecular weight is 395 g/mol. The Bertz CT molecular complexity index is 1080. The van der Waals surface area contributed by atoms with Gasteiger partial charge in [-0.15, -0.1) is 0 Å². The van der Waals surface area contributed by atoms with Crippen LogP contribution in [0.25, 0.3) is 6.08 Å². The van der Waals surface area contributed by atoms with E-state index < -0.39 is 5.82 Å². The number of aryl methyl sites for hydroxylation is 1. The molecule has 0 unspecified atom stereocenters. The Kier molecular flexibility index (Phi) is 4.88. The summed E-state index contributed by atoms with van der Waals surface area (Å²) in [6.07, 6.45) is 1.73. The minimum Gasteiger partial charge on any atom is -0.489 e. The summed E-state index contributed by atoms with van der Waals surface area (Å²) in [5.41, 5.74) is 2.72. The van der Waals surface area contributed by atoms with E-state index in [1.54, 1.807) is 36.4 Å². The fraction of sp³-hybridized carbons (Fsp3) is 0.0870. The molecular weight excluding hydrogens is 379 g/mol. The lowest BCUT2D eigenvalue weighted by Crippen LogP contribution is -1.99. The fourth-order valence-electron chi connectivity index (χ4n) is 2.97. The number of rotatable bonds is 4. The zero-order valence-electron chi connectivity index (χ0n) is 15.0. The highest BCUT2D eigenvalue weighted by atomic mass is 35.5. The van der Waals surface area contributed by atoms with Gasteiger partial charge in [0.25, 0.3) is 0 Å². The zero-order chi connectivity index (χ0) is 19.7. The number of hydrogen-bond donors (Lipinski definition) is 0. The van der Waals surface area contributed by atoms with Crippen LogP contribution in [0.5, 0.6) is 11.5 Å². The van der Waals surface area contributed by atoms with Gasteiger partial charge in [0, 0.05) is 11.6 Å². The van der Waals surface area contributed by atoms with Crippen molar-refractivity contribution in [3.8, 4) is 11.5 Å². The van der Waals surface area contributed by atoms with Gasteiger partial charge in [0.15, 0.2) is 5.76 Å². The molecule has 1 aliphatic heterocycles. The molecule has 28 heavy (non-hydrogen) atoms. The molecular formula is C23H16ClFO3. The standard InChI is InChI=1S/C23H16ClFO3/c1-14-5-2-3-6-15(14)11-22-23(26)17-10-9-16(12-21(17)28-22)27-13-18-19(24)7-4-8-20(18)25/h2-12H,13H2,1H3/b22-11+. The lowest BCUT2D eigenvalue weighted by molar-refractivity contribution is 0.101. The first-order valence-corrected chi connectivity index (χ1v) is 9.10. The summed E-state index contributed by atoms with van der Waals surface area (Å²) in [6.45, 7) is 1.95. The van der Waals surface area contributed by atoms with Gasteiger partial charge in [-0.25, -0.2) is 4.39 Å². The van der Waals surface area contributed by atoms with Crippen molar-refractivity contribution in [2.24, 2.45) is 0 Å². The van der Waals surface area contributed by atoms with Crippen LogP contribution in [-0.4, -0.2) is 5.78 Å². The van der Waals surface area contributed by atoms with Gasteiger partial charge in [-0.3, -0.25) is 4.79 Å². The summed E-state index contributed by atoms with van der Waals surface area (Å²) < 4.78 is 25.3. The van der Waals surface area contributed by atoms with Crippen LogP contribution in [0, 0.1) is 12.7 Å². The molecule has 140 valence electrons. The second kappa shape index (κ2) is 7.49. The van der Waals surface area contributed by atoms with E-state index in [-0.39, 0.29) is 23.7 Å². The Morgan fingerprint density at radius 3 is 2.71 bits per heavy atom. The van der Waals surface area contributed by atoms with E-state index in [9.17, 15) is 9.18 Å². The molecule has 0 aromatic heterocycles. The summed E-state index contributed by atoms with van der Waals surface area (Å²) in [5.74, 6) is 0.536. The average Bonchev–Trinajstić information content (AvgIpc) is 2.98. The number of ketones is 1. The van der Waals surface area contributed by atoms with Crippen LogP contribution in [-0.2, 0) is 6.61 Å². The topological polar surface area (TPSA) is 35.5 Å². The van der Waals surface area contributed by atoms with Gasteiger partial charge in [0.2, 0.25) is 5.78 Å². The number of ether oxygens (including phenoxy) is 2. The predicted octanol–water partition coefficient (Wildman–Crippen LogP) is 5.98. The van der Waals surface area contributed by atoms with Gasteiger partial charge in [-0.1, -0.05) is 41.9 Å². The van der Waals surface area contributed by atoms with E-state index in [0.29, 0.717) is 22.1 Å². The highest BCUT2D eigenvalue weighted by Crippen LogP contribution is 2.35. The third kappa shape index (κ3) is 3.51. The largest absolute Gasteiger partial charge is 0.489 e. The van der Waals surface area contributed by atoms with Crippen molar-refractivity contribution < 1.29 is 18.7 Å². The van der Waals surface area contributed by atoms with E-state index >= 15 is 0 Å². The summed E-state index contributed by atoms with van der Waals surface area (Å²) in [4.78, 5) is 12.6. The summed E-state index contributed by atoms with van der Waals surface area (Å²) in [7, 11) is 0. The molecule has 0 bridgehead atoms. The first-order chi connectivity index (χ1) is 13.5. The van der Waals surface area contributed by atoms with Gasteiger partial charge in [-0.05, 0) is 48.4 Å². The monoisotopic (exact) mass is 394 g/mol. The van der Waals surface area contributed by atoms with E-state index in [1.165, 1.54) is 6.07 Å². The van der Waals surface area contributed by atoms with Crippen LogP contribution >= 0.6 is 11.6 Å². The Hall–Kier alpha value is -3.11. The normalized spacial score (nSPS) is 14.1. The Labute approximate surface area is 167 Å². The molecule has 1 aliphatic rings. The smallest absolute Gasteiger partial charge is 0.231 e. The number of fused-ring (bicyclic) bond motifs is 1. The molecule has 0 atom stereocenters. The third-order valence-corrected chi connectivity index (χ3v) is 4.92. The van der Waals surface area contributed by atoms with Crippen LogP contribution in [0.2, 0.25) is 5.02 Å². The molecule has 1 heterocycles. The Balaban J connectivity index is 1.55. The molecule has 3 nitrogen and oxygen atoms in total. The van der Waals surface area contributed by atoms with Crippen molar-refractivity contribution in [1.82, 2.24) is 0 Å². The van der Waals surface area contributed by atoms with Crippen LogP contribution < -0.4 is 9.47 Å². The van der Waals surface area contributed by atoms with Gasteiger partial charge in [0.1, 0.15) is 23.9 Å². The fourth-order valence-corrected chi connectivity index (χ4v) is 3.19. The highest BCUT2D eigenvalue weighted by molar-refractivity contribution is 6.31. The quantitative estimate of drug-likeness (QED) is 0.510. The molecule has 5 heteroatoms. The molecule has 3 aromatic rings. The zero-order valence-corrected chi connectivity index (χ0v) is 15.8. The number of allylic oxidation sites excluding steroid dienone is 1. The van der Waals surface area contributed by atoms with Crippen molar-refractivity contribution in [1.29, 1.82) is 0 Å². The maximum Gasteiger partial charge on any atom is 0.231 e. The van der Waals surface area contributed by atoms with Crippen molar-refractivity contribution in [2.75, 3.05) is 0 Å². The number of benzene rings is 3. The van der Waals surface area contributed by atoms with E-state index in [1.807, 2.05) is 31.2 Å². The van der Waals surface area contributed by atoms with Crippen molar-refractivity contribution in [2.45, 2.75) is 13.5 Å². The maximum atomic E-state index is 13.9. The SMILES string of the molecule is Cc1ccccc1/C=C1/Oc2cc(OCc3c(F)cccc3Cl)ccc2C1=O. The van der Waals surface area contributed by atoms with E-state index in [4.69, 9.17) is 21.1 Å². The van der Waals surface area contributed by atoms with Crippen LogP contribution in [0.4, 0.5) is 4.39 Å². The molecule has 4 rings (SSSR count). The first-order valence-electron chi connectivity index (χ1n) is 8.72. The van der Waals surface area contributed by atoms with E-state index in [0.717, 1.165) is 11.1 Å². The highest BCUT2D eigenvalue weighted by Gasteiger charge is 2.28. The molecule has 0 aliphatic carbocycles. The molecule has 0 fully saturated rings. The Morgan fingerprint density at radius 2 is 1.93 bits per heavy atom. The maximum absolute atomic E-state index is 13.9. The molecule has 0 amide bonds. The van der Waals surface area contributed by atoms with Crippen molar-refractivity contribution in [3.63, 3.8) is 0 Å². The number of halogens is 2. The van der Waals surface area contributed by atoms with Gasteiger partial charge >= 0.3 is 0 Å². The predicted molar refractivity (Wildman–Crippen MR) is 106 cm³/mol. The molecule has 3 aromatic carbocycles. The number of Topliss-reactive ketones (excluding diaryl/α,β-unsaturated/α-hetero) is 1. The number of hydrogen-bond acceptors (Lipinski definition) is 3. The van der Waals surface area contributed by atoms with Gasteiger partial charge < -0.3 is 9.47 Å². The second-order valence-electron chi connectivity index (χ2n) is 6.44. The van der Waals surface area contributed by atoms with Crippen molar-refractivity contribution >= 4 is 23.5 Å². The first kappa shape index (κ1) is 18.3. The molecule has 0 spiro atoms. The van der Waals surface area contributed by atoms with Crippen molar-refractivity contribution in [3.05, 3.63) is 99.5 Å². The second-order valence-corrected chi connectivity index (χ2v) is 6.85. The Morgan fingerprint density at radius 1 is 1.11 bits per heavy atom. The number of carbonyl (C=O) groups is 1. The minimum atomic E-state index is -0.427. The summed E-state index contributed by atoms with van der Waals surface area (Å²) in [6, 6.07) is 17.2. The lowest BCUT2D eigenvalue weighted by atomic mass is 10.1. The van der Waals surface area contributed by atoms with Crippen LogP contribution in [0.3, 0.4) is 0 Å². The summed E-state index contributed by atoms with van der Waals surface area (Å²) >= 11 is 6.02. The van der Waals surface area contributed by atoms with Gasteiger partial charge in [-0.2, -0.15) is 0 Å². The van der Waals surface area contributed by atoms with E-state index in [2.05, 4.69) is 0 Å². The van der Waals surface area contributed by atoms with Crippen LogP contribution in [0.15, 0.2) is 66.4 Å². The summed E-state index contributed by atoms with van der Waals surface area (Å²) in [5, 5.41) is 0.302. The number of carbonyl (C=O) groups excluding carboxylic acids is 1. The molecule has 0 N–H and O–H groups in total. The van der Waals surface area contributed by atoms with Crippen LogP contribution in [0.1, 0.15) is 27.0 Å². The van der Waals surface area contributed by atoms with Gasteiger partial charge in [0.05, 0.1) is 10.6 Å². The molecule has 0 radical (unpaired) electrons. The molecule has 0 saturated carbocycles. The third-order valence-electron chi connectivity index (χ3n) is 4.56. The molecule has 0 saturated heterocycles. The lowest BCUT2D eigenvalue weighted by Gasteiger charge is -2.09.